The summed E-state index contributed by atoms with van der Waals surface area (Å²) in [6, 6.07) is 0.787. The maximum absolute atomic E-state index is 6.23. The van der Waals surface area contributed by atoms with E-state index >= 15 is 0 Å². The van der Waals surface area contributed by atoms with Crippen LogP contribution in [0, 0.1) is 5.92 Å². The van der Waals surface area contributed by atoms with Crippen LogP contribution in [-0.2, 0) is 4.74 Å². The summed E-state index contributed by atoms with van der Waals surface area (Å²) < 4.78 is 6.23. The Kier molecular flexibility index (Phi) is 4.25. The fraction of sp³-hybridized carbons (Fsp3) is 1.00. The molecule has 2 heteroatoms. The van der Waals surface area contributed by atoms with Gasteiger partial charge in [0.2, 0.25) is 0 Å². The van der Waals surface area contributed by atoms with E-state index in [1.165, 1.54) is 77.2 Å². The highest BCUT2D eigenvalue weighted by molar-refractivity contribution is 4.93. The van der Waals surface area contributed by atoms with Crippen molar-refractivity contribution in [3.63, 3.8) is 0 Å². The molecule has 0 aromatic heterocycles. The van der Waals surface area contributed by atoms with Crippen LogP contribution >= 0.6 is 0 Å². The maximum Gasteiger partial charge on any atom is 0.0685 e. The Hall–Kier alpha value is -0.0800. The highest BCUT2D eigenvalue weighted by atomic mass is 16.5. The van der Waals surface area contributed by atoms with E-state index in [0.29, 0.717) is 0 Å². The lowest BCUT2D eigenvalue weighted by molar-refractivity contribution is -0.121. The fourth-order valence-corrected chi connectivity index (χ4v) is 4.41. The van der Waals surface area contributed by atoms with Gasteiger partial charge >= 0.3 is 0 Å². The van der Waals surface area contributed by atoms with Crippen LogP contribution in [0.4, 0.5) is 0 Å². The second kappa shape index (κ2) is 5.92. The third-order valence-electron chi connectivity index (χ3n) is 5.46. The van der Waals surface area contributed by atoms with Crippen molar-refractivity contribution in [2.45, 2.75) is 82.3 Å². The number of hydrogen-bond donors (Lipinski definition) is 1. The van der Waals surface area contributed by atoms with Gasteiger partial charge < -0.3 is 10.1 Å². The molecule has 104 valence electrons. The molecule has 0 amide bonds. The topological polar surface area (TPSA) is 21.3 Å². The van der Waals surface area contributed by atoms with Crippen LogP contribution in [0.1, 0.15) is 70.6 Å². The number of hydrogen-bond acceptors (Lipinski definition) is 2. The molecule has 3 fully saturated rings. The lowest BCUT2D eigenvalue weighted by atomic mass is 9.73. The second-order valence-corrected chi connectivity index (χ2v) is 6.75. The molecule has 0 aromatic carbocycles. The zero-order valence-electron chi connectivity index (χ0n) is 11.8. The third kappa shape index (κ3) is 2.91. The average Bonchev–Trinajstić information content (AvgIpc) is 2.68. The van der Waals surface area contributed by atoms with Crippen molar-refractivity contribution in [3.8, 4) is 0 Å². The first-order valence-corrected chi connectivity index (χ1v) is 8.25. The van der Waals surface area contributed by atoms with E-state index in [4.69, 9.17) is 4.74 Å². The first kappa shape index (κ1) is 12.9. The van der Waals surface area contributed by atoms with Crippen molar-refractivity contribution >= 4 is 0 Å². The molecule has 0 radical (unpaired) electrons. The summed E-state index contributed by atoms with van der Waals surface area (Å²) in [4.78, 5) is 0. The quantitative estimate of drug-likeness (QED) is 0.768. The van der Waals surface area contributed by atoms with Crippen molar-refractivity contribution in [2.24, 2.45) is 5.92 Å². The summed E-state index contributed by atoms with van der Waals surface area (Å²) in [5.41, 5.74) is 0.287. The normalized spacial score (nSPS) is 37.3. The zero-order chi connectivity index (χ0) is 12.3. The van der Waals surface area contributed by atoms with Crippen LogP contribution in [0.15, 0.2) is 0 Å². The van der Waals surface area contributed by atoms with Crippen molar-refractivity contribution in [1.82, 2.24) is 5.32 Å². The van der Waals surface area contributed by atoms with Crippen LogP contribution in [0.2, 0.25) is 0 Å². The molecule has 2 heterocycles. The Labute approximate surface area is 112 Å². The molecule has 0 bridgehead atoms. The highest BCUT2D eigenvalue weighted by Crippen LogP contribution is 2.42. The molecule has 1 N–H and O–H groups in total. The van der Waals surface area contributed by atoms with Gasteiger partial charge in [-0.05, 0) is 51.0 Å². The highest BCUT2D eigenvalue weighted by Gasteiger charge is 2.40. The molecule has 0 aromatic rings. The molecule has 3 aliphatic rings. The van der Waals surface area contributed by atoms with E-state index in [1.807, 2.05) is 0 Å². The monoisotopic (exact) mass is 251 g/mol. The predicted octanol–water partition coefficient (Wildman–Crippen LogP) is 3.65. The minimum absolute atomic E-state index is 0.287. The Morgan fingerprint density at radius 1 is 0.889 bits per heavy atom. The van der Waals surface area contributed by atoms with Gasteiger partial charge in [0.15, 0.2) is 0 Å². The molecular weight excluding hydrogens is 222 g/mol. The van der Waals surface area contributed by atoms with Crippen LogP contribution in [0.25, 0.3) is 0 Å². The van der Waals surface area contributed by atoms with E-state index in [9.17, 15) is 0 Å². The smallest absolute Gasteiger partial charge is 0.0685 e. The number of nitrogens with one attached hydrogen (secondary N) is 1. The zero-order valence-corrected chi connectivity index (χ0v) is 11.8. The van der Waals surface area contributed by atoms with E-state index in [-0.39, 0.29) is 5.60 Å². The van der Waals surface area contributed by atoms with Gasteiger partial charge in [-0.25, -0.2) is 0 Å². The van der Waals surface area contributed by atoms with Crippen LogP contribution < -0.4 is 5.32 Å². The Morgan fingerprint density at radius 3 is 2.61 bits per heavy atom. The molecule has 18 heavy (non-hydrogen) atoms. The summed E-state index contributed by atoms with van der Waals surface area (Å²) in [7, 11) is 0. The Morgan fingerprint density at radius 2 is 1.72 bits per heavy atom. The van der Waals surface area contributed by atoms with Crippen molar-refractivity contribution < 1.29 is 4.74 Å². The fourth-order valence-electron chi connectivity index (χ4n) is 4.41. The van der Waals surface area contributed by atoms with E-state index < -0.39 is 0 Å². The lowest BCUT2D eigenvalue weighted by Gasteiger charge is -2.45. The van der Waals surface area contributed by atoms with Crippen LogP contribution in [0.3, 0.4) is 0 Å². The van der Waals surface area contributed by atoms with Gasteiger partial charge in [0.1, 0.15) is 0 Å². The van der Waals surface area contributed by atoms with Crippen molar-refractivity contribution in [2.75, 3.05) is 13.2 Å². The lowest BCUT2D eigenvalue weighted by Crippen LogP contribution is -2.47. The van der Waals surface area contributed by atoms with Gasteiger partial charge in [0, 0.05) is 12.6 Å². The average molecular weight is 251 g/mol. The summed E-state index contributed by atoms with van der Waals surface area (Å²) in [6.07, 6.45) is 15.1. The molecular formula is C16H29NO. The third-order valence-corrected chi connectivity index (χ3v) is 5.46. The molecule has 2 aliphatic heterocycles. The predicted molar refractivity (Wildman–Crippen MR) is 74.8 cm³/mol. The SMILES string of the molecule is C1CCNC(C2CCOC3(CCCCC3)C2)CC1. The van der Waals surface area contributed by atoms with Gasteiger partial charge in [-0.15, -0.1) is 0 Å². The molecule has 1 spiro atoms. The van der Waals surface area contributed by atoms with E-state index in [1.54, 1.807) is 0 Å². The molecule has 2 atom stereocenters. The van der Waals surface area contributed by atoms with Gasteiger partial charge in [-0.3, -0.25) is 0 Å². The van der Waals surface area contributed by atoms with Crippen LogP contribution in [-0.4, -0.2) is 24.8 Å². The summed E-state index contributed by atoms with van der Waals surface area (Å²) in [5.74, 6) is 0.884. The van der Waals surface area contributed by atoms with Gasteiger partial charge in [-0.1, -0.05) is 32.1 Å². The molecule has 2 unspecified atom stereocenters. The number of rotatable bonds is 1. The maximum atomic E-state index is 6.23. The van der Waals surface area contributed by atoms with E-state index in [0.717, 1.165) is 18.6 Å². The Bertz CT molecular complexity index is 246. The van der Waals surface area contributed by atoms with E-state index in [2.05, 4.69) is 5.32 Å². The molecule has 2 nitrogen and oxygen atoms in total. The van der Waals surface area contributed by atoms with Crippen molar-refractivity contribution in [1.29, 1.82) is 0 Å². The second-order valence-electron chi connectivity index (χ2n) is 6.75. The standard InChI is InChI=1S/C16H29NO/c1-3-7-15(17-11-6-1)14-8-12-18-16(13-14)9-4-2-5-10-16/h14-15,17H,1-13H2. The molecule has 3 rings (SSSR count). The minimum atomic E-state index is 0.287. The van der Waals surface area contributed by atoms with Gasteiger partial charge in [0.25, 0.3) is 0 Å². The number of ether oxygens (including phenoxy) is 1. The summed E-state index contributed by atoms with van der Waals surface area (Å²) in [5, 5.41) is 3.82. The van der Waals surface area contributed by atoms with Gasteiger partial charge in [0.05, 0.1) is 5.60 Å². The summed E-state index contributed by atoms with van der Waals surface area (Å²) in [6.45, 7) is 2.26. The largest absolute Gasteiger partial charge is 0.375 e. The Balaban J connectivity index is 1.61. The first-order chi connectivity index (χ1) is 8.88. The molecule has 1 saturated carbocycles. The van der Waals surface area contributed by atoms with Crippen LogP contribution in [0.5, 0.6) is 0 Å². The minimum Gasteiger partial charge on any atom is -0.375 e. The first-order valence-electron chi connectivity index (χ1n) is 8.25. The molecule has 1 aliphatic carbocycles. The summed E-state index contributed by atoms with van der Waals surface area (Å²) >= 11 is 0. The van der Waals surface area contributed by atoms with Gasteiger partial charge in [-0.2, -0.15) is 0 Å². The molecule has 2 saturated heterocycles. The van der Waals surface area contributed by atoms with Crippen molar-refractivity contribution in [3.05, 3.63) is 0 Å².